The van der Waals surface area contributed by atoms with Crippen LogP contribution in [0.3, 0.4) is 0 Å². The van der Waals surface area contributed by atoms with Crippen molar-refractivity contribution in [2.24, 2.45) is 0 Å². The fourth-order valence-corrected chi connectivity index (χ4v) is 1.62. The van der Waals surface area contributed by atoms with E-state index in [1.807, 2.05) is 0 Å². The van der Waals surface area contributed by atoms with E-state index in [0.29, 0.717) is 11.1 Å². The second-order valence-corrected chi connectivity index (χ2v) is 3.59. The lowest BCUT2D eigenvalue weighted by atomic mass is 10.0. The highest BCUT2D eigenvalue weighted by molar-refractivity contribution is 5.76. The van der Waals surface area contributed by atoms with Gasteiger partial charge in [-0.1, -0.05) is 0 Å². The van der Waals surface area contributed by atoms with Gasteiger partial charge in [0.15, 0.2) is 0 Å². The van der Waals surface area contributed by atoms with E-state index < -0.39 is 0 Å². The summed E-state index contributed by atoms with van der Waals surface area (Å²) in [6, 6.07) is 8.28. The third kappa shape index (κ3) is 2.20. The number of hydrogen-bond acceptors (Lipinski definition) is 5. The van der Waals surface area contributed by atoms with Gasteiger partial charge in [0.05, 0.1) is 0 Å². The predicted molar refractivity (Wildman–Crippen MR) is 63.6 cm³/mol. The summed E-state index contributed by atoms with van der Waals surface area (Å²) in [5, 5.41) is 28.7. The molecule has 92 valence electrons. The van der Waals surface area contributed by atoms with Crippen LogP contribution in [0.5, 0.6) is 23.0 Å². The number of carbonyl (C=O) groups is 1. The van der Waals surface area contributed by atoms with Crippen LogP contribution in [-0.4, -0.2) is 21.8 Å². The molecule has 5 nitrogen and oxygen atoms in total. The van der Waals surface area contributed by atoms with Crippen molar-refractivity contribution in [3.63, 3.8) is 0 Å². The lowest BCUT2D eigenvalue weighted by Crippen LogP contribution is -1.88. The summed E-state index contributed by atoms with van der Waals surface area (Å²) in [5.41, 5.74) is 0.730. The van der Waals surface area contributed by atoms with Gasteiger partial charge in [0, 0.05) is 23.3 Å². The topological polar surface area (TPSA) is 87.0 Å². The van der Waals surface area contributed by atoms with E-state index >= 15 is 0 Å². The zero-order valence-corrected chi connectivity index (χ0v) is 9.20. The van der Waals surface area contributed by atoms with E-state index in [1.54, 1.807) is 0 Å². The molecule has 3 N–H and O–H groups in total. The Morgan fingerprint density at radius 2 is 1.50 bits per heavy atom. The molecule has 0 aromatic heterocycles. The lowest BCUT2D eigenvalue weighted by molar-refractivity contribution is -0.120. The normalized spacial score (nSPS) is 10.0. The molecule has 2 aromatic carbocycles. The van der Waals surface area contributed by atoms with Crippen LogP contribution in [0.25, 0.3) is 11.1 Å². The van der Waals surface area contributed by atoms with Crippen LogP contribution < -0.4 is 4.74 Å². The van der Waals surface area contributed by atoms with Crippen molar-refractivity contribution in [3.8, 4) is 34.1 Å². The van der Waals surface area contributed by atoms with Crippen molar-refractivity contribution in [3.05, 3.63) is 36.4 Å². The number of carbonyl (C=O) groups excluding carboxylic acids is 1. The Hall–Kier alpha value is -2.69. The Bertz CT molecular complexity index is 592. The lowest BCUT2D eigenvalue weighted by Gasteiger charge is -2.08. The predicted octanol–water partition coefficient (Wildman–Crippen LogP) is 2.01. The van der Waals surface area contributed by atoms with Crippen LogP contribution in [0, 0.1) is 0 Å². The zero-order valence-electron chi connectivity index (χ0n) is 9.20. The second-order valence-electron chi connectivity index (χ2n) is 3.59. The minimum absolute atomic E-state index is 0.0725. The Labute approximate surface area is 103 Å². The van der Waals surface area contributed by atoms with Crippen molar-refractivity contribution >= 4 is 6.47 Å². The molecule has 0 bridgehead atoms. The van der Waals surface area contributed by atoms with Crippen LogP contribution in [0.15, 0.2) is 36.4 Å². The molecule has 0 aliphatic heterocycles. The van der Waals surface area contributed by atoms with Gasteiger partial charge < -0.3 is 20.1 Å². The fourth-order valence-electron chi connectivity index (χ4n) is 1.62. The van der Waals surface area contributed by atoms with Crippen molar-refractivity contribution in [1.29, 1.82) is 0 Å². The molecule has 0 heterocycles. The van der Waals surface area contributed by atoms with Gasteiger partial charge in [0.2, 0.25) is 0 Å². The highest BCUT2D eigenvalue weighted by atomic mass is 16.5. The van der Waals surface area contributed by atoms with Gasteiger partial charge in [-0.15, -0.1) is 0 Å². The quantitative estimate of drug-likeness (QED) is 0.721. The van der Waals surface area contributed by atoms with Crippen molar-refractivity contribution in [2.45, 2.75) is 0 Å². The summed E-state index contributed by atoms with van der Waals surface area (Å²) in [5.74, 6) is -0.175. The molecule has 0 amide bonds. The highest BCUT2D eigenvalue weighted by Crippen LogP contribution is 2.38. The van der Waals surface area contributed by atoms with Gasteiger partial charge in [0.25, 0.3) is 6.47 Å². The number of phenolic OH excluding ortho intramolecular Hbond substituents is 3. The van der Waals surface area contributed by atoms with Gasteiger partial charge in [-0.25, -0.2) is 0 Å². The number of benzene rings is 2. The van der Waals surface area contributed by atoms with Crippen molar-refractivity contribution in [1.82, 2.24) is 0 Å². The first-order chi connectivity index (χ1) is 8.61. The highest BCUT2D eigenvalue weighted by Gasteiger charge is 2.10. The molecule has 0 spiro atoms. The largest absolute Gasteiger partial charge is 0.508 e. The average Bonchev–Trinajstić information content (AvgIpc) is 2.31. The van der Waals surface area contributed by atoms with Crippen molar-refractivity contribution < 1.29 is 24.9 Å². The Morgan fingerprint density at radius 1 is 0.889 bits per heavy atom. The van der Waals surface area contributed by atoms with Crippen LogP contribution in [0.1, 0.15) is 0 Å². The molecule has 0 aliphatic rings. The molecular formula is C13H10O5. The monoisotopic (exact) mass is 246 g/mol. The third-order valence-corrected chi connectivity index (χ3v) is 2.42. The Kier molecular flexibility index (Phi) is 3.05. The number of rotatable bonds is 3. The summed E-state index contributed by atoms with van der Waals surface area (Å²) in [7, 11) is 0. The molecule has 0 aliphatic carbocycles. The summed E-state index contributed by atoms with van der Waals surface area (Å²) in [6.45, 7) is 0.256. The zero-order chi connectivity index (χ0) is 13.1. The van der Waals surface area contributed by atoms with Gasteiger partial charge in [-0.3, -0.25) is 4.79 Å². The van der Waals surface area contributed by atoms with Crippen molar-refractivity contribution in [2.75, 3.05) is 0 Å². The first kappa shape index (κ1) is 11.8. The average molecular weight is 246 g/mol. The molecule has 0 fully saturated rings. The number of aromatic hydroxyl groups is 3. The number of phenols is 3. The Morgan fingerprint density at radius 3 is 2.06 bits per heavy atom. The summed E-state index contributed by atoms with van der Waals surface area (Å²) < 4.78 is 4.58. The Balaban J connectivity index is 2.47. The second kappa shape index (κ2) is 4.67. The minimum Gasteiger partial charge on any atom is -0.508 e. The summed E-state index contributed by atoms with van der Waals surface area (Å²) in [4.78, 5) is 10.2. The van der Waals surface area contributed by atoms with Crippen LogP contribution in [0.2, 0.25) is 0 Å². The first-order valence-corrected chi connectivity index (χ1v) is 5.07. The molecule has 2 rings (SSSR count). The molecule has 0 saturated carbocycles. The van der Waals surface area contributed by atoms with Crippen LogP contribution in [-0.2, 0) is 4.79 Å². The maximum atomic E-state index is 10.2. The van der Waals surface area contributed by atoms with Gasteiger partial charge in [-0.2, -0.15) is 0 Å². The number of hydrogen-bond donors (Lipinski definition) is 3. The molecule has 0 radical (unpaired) electrons. The van der Waals surface area contributed by atoms with E-state index in [0.717, 1.165) is 0 Å². The van der Waals surface area contributed by atoms with E-state index in [-0.39, 0.29) is 29.5 Å². The van der Waals surface area contributed by atoms with Gasteiger partial charge >= 0.3 is 0 Å². The summed E-state index contributed by atoms with van der Waals surface area (Å²) in [6.07, 6.45) is 0. The van der Waals surface area contributed by atoms with Gasteiger partial charge in [0.1, 0.15) is 23.0 Å². The number of ether oxygens (including phenoxy) is 1. The smallest absolute Gasteiger partial charge is 0.298 e. The van der Waals surface area contributed by atoms with E-state index in [1.165, 1.54) is 36.4 Å². The van der Waals surface area contributed by atoms with Crippen LogP contribution in [0.4, 0.5) is 0 Å². The fraction of sp³-hybridized carbons (Fsp3) is 0. The third-order valence-electron chi connectivity index (χ3n) is 2.42. The molecule has 18 heavy (non-hydrogen) atoms. The molecular weight excluding hydrogens is 236 g/mol. The summed E-state index contributed by atoms with van der Waals surface area (Å²) >= 11 is 0. The molecule has 0 atom stereocenters. The van der Waals surface area contributed by atoms with E-state index in [2.05, 4.69) is 4.74 Å². The first-order valence-electron chi connectivity index (χ1n) is 5.07. The standard InChI is InChI=1S/C13H10O5/c14-7-18-9-2-4-11(13(17)6-9)10-3-1-8(15)5-12(10)16/h1-7,15-17H. The minimum atomic E-state index is -0.158. The maximum Gasteiger partial charge on any atom is 0.298 e. The molecule has 0 unspecified atom stereocenters. The maximum absolute atomic E-state index is 10.2. The SMILES string of the molecule is O=COc1ccc(-c2ccc(O)cc2O)c(O)c1. The van der Waals surface area contributed by atoms with Gasteiger partial charge in [-0.05, 0) is 24.3 Å². The van der Waals surface area contributed by atoms with Crippen LogP contribution >= 0.6 is 0 Å². The van der Waals surface area contributed by atoms with E-state index in [4.69, 9.17) is 0 Å². The molecule has 0 saturated heterocycles. The molecule has 5 heteroatoms. The molecule has 2 aromatic rings. The van der Waals surface area contributed by atoms with E-state index in [9.17, 15) is 20.1 Å².